The molecule has 2 fully saturated rings. The van der Waals surface area contributed by atoms with Crippen LogP contribution in [0.2, 0.25) is 0 Å². The van der Waals surface area contributed by atoms with Gasteiger partial charge in [0.1, 0.15) is 5.75 Å². The minimum atomic E-state index is -0.282. The lowest BCUT2D eigenvalue weighted by atomic mass is 9.90. The summed E-state index contributed by atoms with van der Waals surface area (Å²) < 4.78 is 17.0. The molecule has 20 heavy (non-hydrogen) atoms. The molecule has 0 radical (unpaired) electrons. The van der Waals surface area contributed by atoms with E-state index in [9.17, 15) is 0 Å². The maximum absolute atomic E-state index is 5.77. The van der Waals surface area contributed by atoms with Crippen molar-refractivity contribution in [1.29, 1.82) is 0 Å². The zero-order valence-electron chi connectivity index (χ0n) is 12.3. The molecule has 4 heteroatoms. The Morgan fingerprint density at radius 2 is 1.90 bits per heavy atom. The van der Waals surface area contributed by atoms with Gasteiger partial charge in [0.2, 0.25) is 0 Å². The highest BCUT2D eigenvalue weighted by Crippen LogP contribution is 2.37. The van der Waals surface area contributed by atoms with E-state index in [1.165, 1.54) is 5.56 Å². The Bertz CT molecular complexity index is 459. The third kappa shape index (κ3) is 2.76. The zero-order chi connectivity index (χ0) is 14.0. The van der Waals surface area contributed by atoms with Crippen molar-refractivity contribution in [2.45, 2.75) is 44.4 Å². The first-order chi connectivity index (χ1) is 9.71. The molecule has 1 saturated heterocycles. The Kier molecular flexibility index (Phi) is 3.85. The summed E-state index contributed by atoms with van der Waals surface area (Å²) in [5.41, 5.74) is 2.29. The number of ether oxygens (including phenoxy) is 3. The van der Waals surface area contributed by atoms with Crippen LogP contribution in [-0.4, -0.2) is 32.2 Å². The van der Waals surface area contributed by atoms with Gasteiger partial charge in [0, 0.05) is 18.9 Å². The highest BCUT2D eigenvalue weighted by Gasteiger charge is 2.40. The molecule has 110 valence electrons. The fraction of sp³-hybridized carbons (Fsp3) is 0.625. The molecule has 0 unspecified atom stereocenters. The van der Waals surface area contributed by atoms with E-state index in [1.54, 1.807) is 7.11 Å². The fourth-order valence-electron chi connectivity index (χ4n) is 3.13. The molecule has 0 amide bonds. The first-order valence-electron chi connectivity index (χ1n) is 7.40. The maximum atomic E-state index is 5.77. The molecule has 0 bridgehead atoms. The highest BCUT2D eigenvalue weighted by molar-refractivity contribution is 5.58. The summed E-state index contributed by atoms with van der Waals surface area (Å²) in [4.78, 5) is 0. The van der Waals surface area contributed by atoms with Crippen molar-refractivity contribution >= 4 is 5.69 Å². The number of anilines is 1. The van der Waals surface area contributed by atoms with Crippen molar-refractivity contribution in [3.8, 4) is 5.75 Å². The van der Waals surface area contributed by atoms with Crippen LogP contribution in [0.5, 0.6) is 5.75 Å². The summed E-state index contributed by atoms with van der Waals surface area (Å²) in [5.74, 6) is 0.633. The van der Waals surface area contributed by atoms with Gasteiger partial charge in [0.25, 0.3) is 0 Å². The van der Waals surface area contributed by atoms with Gasteiger partial charge in [-0.05, 0) is 37.5 Å². The molecular weight excluding hydrogens is 254 g/mol. The topological polar surface area (TPSA) is 39.7 Å². The molecule has 0 aromatic heterocycles. The minimum absolute atomic E-state index is 0.282. The standard InChI is InChI=1S/C16H23NO3/c1-12-3-4-14(15(11-12)18-2)17-13-5-7-16(8-6-13)19-9-10-20-16/h3-4,11,13,17H,5-10H2,1-2H3. The third-order valence-electron chi connectivity index (χ3n) is 4.28. The number of benzene rings is 1. The lowest BCUT2D eigenvalue weighted by Crippen LogP contribution is -2.39. The number of methoxy groups -OCH3 is 1. The van der Waals surface area contributed by atoms with Crippen molar-refractivity contribution < 1.29 is 14.2 Å². The van der Waals surface area contributed by atoms with Crippen LogP contribution in [0.25, 0.3) is 0 Å². The molecule has 1 aromatic rings. The van der Waals surface area contributed by atoms with E-state index >= 15 is 0 Å². The van der Waals surface area contributed by atoms with Gasteiger partial charge in [0.15, 0.2) is 5.79 Å². The SMILES string of the molecule is COc1cc(C)ccc1NC1CCC2(CC1)OCCO2. The van der Waals surface area contributed by atoms with Gasteiger partial charge in [-0.15, -0.1) is 0 Å². The van der Waals surface area contributed by atoms with Crippen LogP contribution in [0.3, 0.4) is 0 Å². The summed E-state index contributed by atoms with van der Waals surface area (Å²) in [7, 11) is 1.72. The van der Waals surface area contributed by atoms with Gasteiger partial charge in [-0.25, -0.2) is 0 Å². The van der Waals surface area contributed by atoms with Crippen LogP contribution in [0.1, 0.15) is 31.2 Å². The van der Waals surface area contributed by atoms with Crippen LogP contribution in [0.15, 0.2) is 18.2 Å². The number of aryl methyl sites for hydroxylation is 1. The summed E-state index contributed by atoms with van der Waals surface area (Å²) >= 11 is 0. The van der Waals surface area contributed by atoms with Gasteiger partial charge in [-0.3, -0.25) is 0 Å². The summed E-state index contributed by atoms with van der Waals surface area (Å²) in [5, 5.41) is 3.60. The molecule has 2 aliphatic rings. The molecule has 3 rings (SSSR count). The molecule has 0 atom stereocenters. The van der Waals surface area contributed by atoms with Crippen LogP contribution in [-0.2, 0) is 9.47 Å². The zero-order valence-corrected chi connectivity index (χ0v) is 12.3. The van der Waals surface area contributed by atoms with E-state index in [0.717, 1.165) is 50.3 Å². The Morgan fingerprint density at radius 1 is 1.20 bits per heavy atom. The maximum Gasteiger partial charge on any atom is 0.168 e. The second-order valence-corrected chi connectivity index (χ2v) is 5.73. The summed E-state index contributed by atoms with van der Waals surface area (Å²) in [6.45, 7) is 3.55. The van der Waals surface area contributed by atoms with E-state index in [0.29, 0.717) is 6.04 Å². The Balaban J connectivity index is 1.62. The van der Waals surface area contributed by atoms with Crippen LogP contribution < -0.4 is 10.1 Å². The quantitative estimate of drug-likeness (QED) is 0.921. The summed E-state index contributed by atoms with van der Waals surface area (Å²) in [6.07, 6.45) is 4.08. The molecule has 1 aromatic carbocycles. The number of nitrogens with one attached hydrogen (secondary N) is 1. The van der Waals surface area contributed by atoms with E-state index < -0.39 is 0 Å². The molecule has 1 aliphatic heterocycles. The Hall–Kier alpha value is -1.26. The van der Waals surface area contributed by atoms with E-state index in [-0.39, 0.29) is 5.79 Å². The largest absolute Gasteiger partial charge is 0.495 e. The van der Waals surface area contributed by atoms with Gasteiger partial charge < -0.3 is 19.5 Å². The van der Waals surface area contributed by atoms with E-state index in [2.05, 4.69) is 30.4 Å². The Labute approximate surface area is 120 Å². The molecule has 1 heterocycles. The number of hydrogen-bond acceptors (Lipinski definition) is 4. The van der Waals surface area contributed by atoms with Gasteiger partial charge in [-0.2, -0.15) is 0 Å². The predicted octanol–water partition coefficient (Wildman–Crippen LogP) is 3.10. The molecule has 1 aliphatic carbocycles. The first kappa shape index (κ1) is 13.7. The molecule has 4 nitrogen and oxygen atoms in total. The number of hydrogen-bond donors (Lipinski definition) is 1. The first-order valence-corrected chi connectivity index (χ1v) is 7.40. The normalized spacial score (nSPS) is 22.1. The lowest BCUT2D eigenvalue weighted by molar-refractivity contribution is -0.177. The number of rotatable bonds is 3. The fourth-order valence-corrected chi connectivity index (χ4v) is 3.13. The highest BCUT2D eigenvalue weighted by atomic mass is 16.7. The molecule has 1 saturated carbocycles. The molecule has 1 N–H and O–H groups in total. The Morgan fingerprint density at radius 3 is 2.55 bits per heavy atom. The van der Waals surface area contributed by atoms with Crippen LogP contribution >= 0.6 is 0 Å². The third-order valence-corrected chi connectivity index (χ3v) is 4.28. The van der Waals surface area contributed by atoms with Gasteiger partial charge in [-0.1, -0.05) is 6.07 Å². The smallest absolute Gasteiger partial charge is 0.168 e. The monoisotopic (exact) mass is 277 g/mol. The molecule has 1 spiro atoms. The molecular formula is C16H23NO3. The van der Waals surface area contributed by atoms with Gasteiger partial charge in [0.05, 0.1) is 26.0 Å². The van der Waals surface area contributed by atoms with Crippen molar-refractivity contribution in [2.75, 3.05) is 25.6 Å². The van der Waals surface area contributed by atoms with Crippen molar-refractivity contribution in [3.05, 3.63) is 23.8 Å². The van der Waals surface area contributed by atoms with Crippen molar-refractivity contribution in [2.24, 2.45) is 0 Å². The van der Waals surface area contributed by atoms with Gasteiger partial charge >= 0.3 is 0 Å². The van der Waals surface area contributed by atoms with Crippen LogP contribution in [0, 0.1) is 6.92 Å². The lowest BCUT2D eigenvalue weighted by Gasteiger charge is -2.36. The van der Waals surface area contributed by atoms with Crippen molar-refractivity contribution in [3.63, 3.8) is 0 Å². The van der Waals surface area contributed by atoms with E-state index in [1.807, 2.05) is 0 Å². The van der Waals surface area contributed by atoms with Crippen LogP contribution in [0.4, 0.5) is 5.69 Å². The van der Waals surface area contributed by atoms with Crippen molar-refractivity contribution in [1.82, 2.24) is 0 Å². The summed E-state index contributed by atoms with van der Waals surface area (Å²) in [6, 6.07) is 6.74. The average molecular weight is 277 g/mol. The average Bonchev–Trinajstić information content (AvgIpc) is 2.92. The predicted molar refractivity (Wildman–Crippen MR) is 78.2 cm³/mol. The second-order valence-electron chi connectivity index (χ2n) is 5.73. The minimum Gasteiger partial charge on any atom is -0.495 e. The van der Waals surface area contributed by atoms with E-state index in [4.69, 9.17) is 14.2 Å². The second kappa shape index (κ2) is 5.62.